The summed E-state index contributed by atoms with van der Waals surface area (Å²) in [6, 6.07) is 1.77. The van der Waals surface area contributed by atoms with Gasteiger partial charge in [0.25, 0.3) is 6.43 Å². The molecule has 0 atom stereocenters. The Hall–Kier alpha value is -1.41. The second-order valence-electron chi connectivity index (χ2n) is 2.76. The van der Waals surface area contributed by atoms with Crippen LogP contribution in [0.4, 0.5) is 8.78 Å². The molecule has 15 heavy (non-hydrogen) atoms. The van der Waals surface area contributed by atoms with E-state index in [2.05, 4.69) is 4.98 Å². The number of rotatable bonds is 3. The molecule has 0 aromatic carbocycles. The molecule has 1 N–H and O–H groups in total. The highest BCUT2D eigenvalue weighted by Crippen LogP contribution is 2.31. The van der Waals surface area contributed by atoms with Gasteiger partial charge in [0.2, 0.25) is 0 Å². The van der Waals surface area contributed by atoms with E-state index in [1.165, 1.54) is 0 Å². The molecule has 0 aliphatic heterocycles. The standard InChI is InChI=1S/C9H7ClF2N2O/c10-3-5-6(9(11)12)4-14-7(1-2-13)8(5)15/h4,9,15H,1,3H2. The van der Waals surface area contributed by atoms with E-state index < -0.39 is 17.7 Å². The summed E-state index contributed by atoms with van der Waals surface area (Å²) in [6.45, 7) is 0. The first-order valence-corrected chi connectivity index (χ1v) is 4.56. The predicted molar refractivity (Wildman–Crippen MR) is 49.7 cm³/mol. The highest BCUT2D eigenvalue weighted by Gasteiger charge is 2.19. The number of hydrogen-bond donors (Lipinski definition) is 1. The van der Waals surface area contributed by atoms with E-state index in [9.17, 15) is 13.9 Å². The molecule has 0 unspecified atom stereocenters. The van der Waals surface area contributed by atoms with E-state index >= 15 is 0 Å². The largest absolute Gasteiger partial charge is 0.506 e. The van der Waals surface area contributed by atoms with E-state index in [0.29, 0.717) is 0 Å². The number of nitriles is 1. The molecular formula is C9H7ClF2N2O. The van der Waals surface area contributed by atoms with Gasteiger partial charge in [-0.25, -0.2) is 8.78 Å². The van der Waals surface area contributed by atoms with Crippen LogP contribution < -0.4 is 0 Å². The fourth-order valence-corrected chi connectivity index (χ4v) is 1.41. The minimum Gasteiger partial charge on any atom is -0.506 e. The normalized spacial score (nSPS) is 10.3. The minimum absolute atomic E-state index is 0.0630. The Kier molecular flexibility index (Phi) is 3.81. The summed E-state index contributed by atoms with van der Waals surface area (Å²) in [4.78, 5) is 3.59. The molecule has 0 aliphatic rings. The molecule has 0 radical (unpaired) electrons. The van der Waals surface area contributed by atoms with Crippen molar-refractivity contribution in [2.75, 3.05) is 0 Å². The Labute approximate surface area is 89.9 Å². The average molecular weight is 233 g/mol. The van der Waals surface area contributed by atoms with Gasteiger partial charge in [0.05, 0.1) is 24.1 Å². The maximum Gasteiger partial charge on any atom is 0.265 e. The summed E-state index contributed by atoms with van der Waals surface area (Å²) in [5.74, 6) is -0.656. The molecule has 6 heteroatoms. The number of aromatic nitrogens is 1. The lowest BCUT2D eigenvalue weighted by Crippen LogP contribution is -1.99. The lowest BCUT2D eigenvalue weighted by Gasteiger charge is -2.09. The number of nitrogens with zero attached hydrogens (tertiary/aromatic N) is 2. The third kappa shape index (κ3) is 2.34. The van der Waals surface area contributed by atoms with Gasteiger partial charge in [-0.1, -0.05) is 0 Å². The van der Waals surface area contributed by atoms with Crippen LogP contribution in [-0.4, -0.2) is 10.1 Å². The van der Waals surface area contributed by atoms with Gasteiger partial charge in [0.15, 0.2) is 0 Å². The zero-order chi connectivity index (χ0) is 11.4. The molecule has 1 rings (SSSR count). The number of hydrogen-bond acceptors (Lipinski definition) is 3. The van der Waals surface area contributed by atoms with Gasteiger partial charge in [-0.05, 0) is 0 Å². The Morgan fingerprint density at radius 3 is 2.73 bits per heavy atom. The summed E-state index contributed by atoms with van der Waals surface area (Å²) in [7, 11) is 0. The SMILES string of the molecule is N#CCc1ncc(C(F)F)c(CCl)c1O. The van der Waals surface area contributed by atoms with Crippen molar-refractivity contribution in [2.24, 2.45) is 0 Å². The van der Waals surface area contributed by atoms with Gasteiger partial charge in [-0.15, -0.1) is 11.6 Å². The second kappa shape index (κ2) is 4.89. The molecular weight excluding hydrogens is 226 g/mol. The topological polar surface area (TPSA) is 56.9 Å². The Morgan fingerprint density at radius 2 is 2.27 bits per heavy atom. The van der Waals surface area contributed by atoms with Crippen molar-refractivity contribution >= 4 is 11.6 Å². The summed E-state index contributed by atoms with van der Waals surface area (Å²) in [5, 5.41) is 17.9. The smallest absolute Gasteiger partial charge is 0.265 e. The maximum atomic E-state index is 12.4. The van der Waals surface area contributed by atoms with Crippen LogP contribution >= 0.6 is 11.6 Å². The van der Waals surface area contributed by atoms with Crippen molar-refractivity contribution in [3.63, 3.8) is 0 Å². The predicted octanol–water partition coefficient (Wildman–Crippen LogP) is 2.53. The van der Waals surface area contributed by atoms with E-state index in [1.54, 1.807) is 6.07 Å². The monoisotopic (exact) mass is 232 g/mol. The summed E-state index contributed by atoms with van der Waals surface area (Å²) in [6.07, 6.45) is -1.94. The highest BCUT2D eigenvalue weighted by atomic mass is 35.5. The Balaban J connectivity index is 3.27. The van der Waals surface area contributed by atoms with Gasteiger partial charge >= 0.3 is 0 Å². The quantitative estimate of drug-likeness (QED) is 0.815. The van der Waals surface area contributed by atoms with E-state index in [1.807, 2.05) is 0 Å². The van der Waals surface area contributed by atoms with E-state index in [4.69, 9.17) is 16.9 Å². The van der Waals surface area contributed by atoms with Crippen LogP contribution in [0, 0.1) is 11.3 Å². The first-order chi connectivity index (χ1) is 7.11. The van der Waals surface area contributed by atoms with Gasteiger partial charge in [0.1, 0.15) is 5.75 Å². The fourth-order valence-electron chi connectivity index (χ4n) is 1.13. The maximum absolute atomic E-state index is 12.4. The zero-order valence-corrected chi connectivity index (χ0v) is 8.30. The number of alkyl halides is 3. The molecule has 0 spiro atoms. The Bertz CT molecular complexity index is 404. The molecule has 1 aromatic heterocycles. The molecule has 0 saturated carbocycles. The second-order valence-corrected chi connectivity index (χ2v) is 3.02. The van der Waals surface area contributed by atoms with Gasteiger partial charge in [-0.3, -0.25) is 4.98 Å². The van der Waals surface area contributed by atoms with Crippen LogP contribution in [0.25, 0.3) is 0 Å². The zero-order valence-electron chi connectivity index (χ0n) is 7.54. The third-order valence-corrected chi connectivity index (χ3v) is 2.15. The van der Waals surface area contributed by atoms with E-state index in [0.717, 1.165) is 6.20 Å². The first kappa shape index (κ1) is 11.7. The van der Waals surface area contributed by atoms with Crippen LogP contribution in [0.1, 0.15) is 23.2 Å². The number of aromatic hydroxyl groups is 1. The average Bonchev–Trinajstić information content (AvgIpc) is 2.20. The Morgan fingerprint density at radius 1 is 1.60 bits per heavy atom. The van der Waals surface area contributed by atoms with Crippen molar-refractivity contribution in [3.05, 3.63) is 23.0 Å². The van der Waals surface area contributed by atoms with Crippen LogP contribution in [0.2, 0.25) is 0 Å². The lowest BCUT2D eigenvalue weighted by atomic mass is 10.1. The molecule has 0 amide bonds. The fraction of sp³-hybridized carbons (Fsp3) is 0.333. The highest BCUT2D eigenvalue weighted by molar-refractivity contribution is 6.17. The van der Waals surface area contributed by atoms with Crippen LogP contribution in [0.15, 0.2) is 6.20 Å². The van der Waals surface area contributed by atoms with Crippen molar-refractivity contribution < 1.29 is 13.9 Å². The van der Waals surface area contributed by atoms with Gasteiger partial charge in [-0.2, -0.15) is 5.26 Å². The molecule has 0 fully saturated rings. The first-order valence-electron chi connectivity index (χ1n) is 4.02. The van der Waals surface area contributed by atoms with Gasteiger partial charge < -0.3 is 5.11 Å². The van der Waals surface area contributed by atoms with Crippen LogP contribution in [0.5, 0.6) is 5.75 Å². The van der Waals surface area contributed by atoms with Crippen molar-refractivity contribution in [1.82, 2.24) is 4.98 Å². The van der Waals surface area contributed by atoms with Crippen LogP contribution in [0.3, 0.4) is 0 Å². The molecule has 0 saturated heterocycles. The van der Waals surface area contributed by atoms with Crippen molar-refractivity contribution in [3.8, 4) is 11.8 Å². The summed E-state index contributed by atoms with van der Waals surface area (Å²) < 4.78 is 24.9. The van der Waals surface area contributed by atoms with Crippen molar-refractivity contribution in [1.29, 1.82) is 5.26 Å². The van der Waals surface area contributed by atoms with Gasteiger partial charge in [0, 0.05) is 17.3 Å². The molecule has 0 bridgehead atoms. The number of halogens is 3. The molecule has 1 aromatic rings. The van der Waals surface area contributed by atoms with E-state index in [-0.39, 0.29) is 23.6 Å². The van der Waals surface area contributed by atoms with Crippen molar-refractivity contribution in [2.45, 2.75) is 18.7 Å². The summed E-state index contributed by atoms with van der Waals surface area (Å²) >= 11 is 5.45. The molecule has 0 aliphatic carbocycles. The van der Waals surface area contributed by atoms with Crippen LogP contribution in [-0.2, 0) is 12.3 Å². The number of pyridine rings is 1. The minimum atomic E-state index is -2.74. The summed E-state index contributed by atoms with van der Waals surface area (Å²) in [5.41, 5.74) is -0.395. The molecule has 1 heterocycles. The third-order valence-electron chi connectivity index (χ3n) is 1.88. The lowest BCUT2D eigenvalue weighted by molar-refractivity contribution is 0.149. The molecule has 3 nitrogen and oxygen atoms in total. The molecule has 80 valence electrons.